The average molecular weight is 439 g/mol. The molecule has 0 unspecified atom stereocenters. The van der Waals surface area contributed by atoms with Gasteiger partial charge in [0.2, 0.25) is 0 Å². The molecule has 0 saturated carbocycles. The van der Waals surface area contributed by atoms with Gasteiger partial charge in [0.1, 0.15) is 5.82 Å². The molecule has 1 aliphatic rings. The number of benzene rings is 3. The number of nitrogens with one attached hydrogen (secondary N) is 3. The quantitative estimate of drug-likeness (QED) is 0.442. The van der Waals surface area contributed by atoms with Crippen LogP contribution in [0, 0.1) is 0 Å². The number of rotatable bonds is 4. The minimum Gasteiger partial charge on any atom is -0.322 e. The number of carbonyl (C=O) groups is 2. The molecule has 33 heavy (non-hydrogen) atoms. The first-order chi connectivity index (χ1) is 16.1. The largest absolute Gasteiger partial charge is 0.323 e. The highest BCUT2D eigenvalue weighted by molar-refractivity contribution is 6.06. The molecule has 3 amide bonds. The van der Waals surface area contributed by atoms with Crippen molar-refractivity contribution in [3.05, 3.63) is 94.5 Å². The third-order valence-corrected chi connectivity index (χ3v) is 5.51. The Kier molecular flexibility index (Phi) is 5.32. The van der Waals surface area contributed by atoms with Crippen LogP contribution >= 0.6 is 0 Å². The van der Waals surface area contributed by atoms with Crippen LogP contribution in [0.2, 0.25) is 0 Å². The summed E-state index contributed by atoms with van der Waals surface area (Å²) in [5, 5.41) is 8.84. The van der Waals surface area contributed by atoms with Gasteiger partial charge in [-0.15, -0.1) is 0 Å². The smallest absolute Gasteiger partial charge is 0.322 e. The second-order valence-corrected chi connectivity index (χ2v) is 7.80. The molecule has 0 saturated heterocycles. The first-order valence-electron chi connectivity index (χ1n) is 10.6. The average Bonchev–Trinajstić information content (AvgIpc) is 3.29. The van der Waals surface area contributed by atoms with E-state index in [1.165, 1.54) is 0 Å². The zero-order chi connectivity index (χ0) is 22.8. The fourth-order valence-corrected chi connectivity index (χ4v) is 3.88. The van der Waals surface area contributed by atoms with Crippen molar-refractivity contribution in [2.24, 2.45) is 0 Å². The normalized spacial score (nSPS) is 12.2. The Morgan fingerprint density at radius 1 is 0.818 bits per heavy atom. The molecule has 0 aliphatic carbocycles. The van der Waals surface area contributed by atoms with Crippen molar-refractivity contribution in [1.29, 1.82) is 0 Å². The highest BCUT2D eigenvalue weighted by atomic mass is 16.2. The number of fused-ring (bicyclic) bond motifs is 2. The standard InChI is InChI=1S/C25H21N5O3/c31-23(16-8-13-20-21(15-16)29-22-7-4-14-30(22)24(20)32)26-18-9-11-19(12-10-18)28-25(33)27-17-5-2-1-3-6-17/h1-3,5-6,8-13,15H,4,7,14H2,(H,26,31)(H2,27,28,33). The fourth-order valence-electron chi connectivity index (χ4n) is 3.88. The zero-order valence-electron chi connectivity index (χ0n) is 17.7. The van der Waals surface area contributed by atoms with Gasteiger partial charge in [-0.25, -0.2) is 9.78 Å². The maximum atomic E-state index is 12.7. The number of hydrogen-bond donors (Lipinski definition) is 3. The van der Waals surface area contributed by atoms with Crippen molar-refractivity contribution < 1.29 is 9.59 Å². The van der Waals surface area contributed by atoms with Crippen molar-refractivity contribution >= 4 is 39.9 Å². The topological polar surface area (TPSA) is 105 Å². The molecule has 0 bridgehead atoms. The van der Waals surface area contributed by atoms with Crippen LogP contribution in [-0.4, -0.2) is 21.5 Å². The van der Waals surface area contributed by atoms with Crippen LogP contribution in [0.3, 0.4) is 0 Å². The van der Waals surface area contributed by atoms with Crippen LogP contribution in [0.4, 0.5) is 21.9 Å². The van der Waals surface area contributed by atoms with Gasteiger partial charge in [0, 0.05) is 35.6 Å². The summed E-state index contributed by atoms with van der Waals surface area (Å²) in [5.41, 5.74) is 2.75. The lowest BCUT2D eigenvalue weighted by Gasteiger charge is -2.10. The highest BCUT2D eigenvalue weighted by Crippen LogP contribution is 2.19. The van der Waals surface area contributed by atoms with E-state index in [9.17, 15) is 14.4 Å². The van der Waals surface area contributed by atoms with Crippen LogP contribution in [0.5, 0.6) is 0 Å². The van der Waals surface area contributed by atoms with E-state index in [0.717, 1.165) is 18.7 Å². The maximum absolute atomic E-state index is 12.7. The number of amides is 3. The van der Waals surface area contributed by atoms with E-state index in [0.29, 0.717) is 40.1 Å². The Morgan fingerprint density at radius 2 is 1.48 bits per heavy atom. The summed E-state index contributed by atoms with van der Waals surface area (Å²) in [6.45, 7) is 0.693. The molecule has 164 valence electrons. The molecule has 2 heterocycles. The lowest BCUT2D eigenvalue weighted by Crippen LogP contribution is -2.21. The Morgan fingerprint density at radius 3 is 2.21 bits per heavy atom. The lowest BCUT2D eigenvalue weighted by atomic mass is 10.1. The summed E-state index contributed by atoms with van der Waals surface area (Å²) in [7, 11) is 0. The number of nitrogens with zero attached hydrogens (tertiary/aromatic N) is 2. The molecule has 3 aromatic carbocycles. The van der Waals surface area contributed by atoms with E-state index < -0.39 is 0 Å². The van der Waals surface area contributed by atoms with Crippen LogP contribution in [0.15, 0.2) is 77.6 Å². The van der Waals surface area contributed by atoms with E-state index in [-0.39, 0.29) is 17.5 Å². The second kappa shape index (κ2) is 8.58. The fraction of sp³-hybridized carbons (Fsp3) is 0.120. The van der Waals surface area contributed by atoms with Gasteiger partial charge in [-0.3, -0.25) is 14.2 Å². The number of hydrogen-bond acceptors (Lipinski definition) is 4. The summed E-state index contributed by atoms with van der Waals surface area (Å²) in [5.74, 6) is 0.464. The monoisotopic (exact) mass is 439 g/mol. The lowest BCUT2D eigenvalue weighted by molar-refractivity contribution is 0.102. The number of aryl methyl sites for hydroxylation is 1. The van der Waals surface area contributed by atoms with E-state index in [2.05, 4.69) is 20.9 Å². The van der Waals surface area contributed by atoms with Gasteiger partial charge in [0.25, 0.3) is 11.5 Å². The summed E-state index contributed by atoms with van der Waals surface area (Å²) < 4.78 is 1.71. The maximum Gasteiger partial charge on any atom is 0.323 e. The molecule has 1 aliphatic heterocycles. The number of para-hydroxylation sites is 1. The molecule has 8 heteroatoms. The molecule has 0 atom stereocenters. The molecule has 1 aromatic heterocycles. The first-order valence-corrected chi connectivity index (χ1v) is 10.6. The van der Waals surface area contributed by atoms with Crippen LogP contribution in [-0.2, 0) is 13.0 Å². The van der Waals surface area contributed by atoms with E-state index in [1.807, 2.05) is 18.2 Å². The molecule has 4 aromatic rings. The van der Waals surface area contributed by atoms with E-state index in [1.54, 1.807) is 59.2 Å². The molecule has 0 fully saturated rings. The molecular formula is C25H21N5O3. The van der Waals surface area contributed by atoms with Gasteiger partial charge in [0.15, 0.2) is 0 Å². The van der Waals surface area contributed by atoms with Crippen molar-refractivity contribution in [2.45, 2.75) is 19.4 Å². The summed E-state index contributed by atoms with van der Waals surface area (Å²) in [4.78, 5) is 42.0. The van der Waals surface area contributed by atoms with Crippen LogP contribution in [0.1, 0.15) is 22.6 Å². The third kappa shape index (κ3) is 4.31. The number of carbonyl (C=O) groups excluding carboxylic acids is 2. The summed E-state index contributed by atoms with van der Waals surface area (Å²) >= 11 is 0. The Bertz CT molecular complexity index is 1410. The molecule has 3 N–H and O–H groups in total. The second-order valence-electron chi connectivity index (χ2n) is 7.80. The van der Waals surface area contributed by atoms with Gasteiger partial charge < -0.3 is 16.0 Å². The SMILES string of the molecule is O=C(Nc1ccccc1)Nc1ccc(NC(=O)c2ccc3c(=O)n4c(nc3c2)CCC4)cc1. The van der Waals surface area contributed by atoms with Gasteiger partial charge in [-0.05, 0) is 61.0 Å². The van der Waals surface area contributed by atoms with Gasteiger partial charge in [-0.1, -0.05) is 18.2 Å². The predicted molar refractivity (Wildman–Crippen MR) is 128 cm³/mol. The third-order valence-electron chi connectivity index (χ3n) is 5.51. The van der Waals surface area contributed by atoms with Crippen molar-refractivity contribution in [1.82, 2.24) is 9.55 Å². The van der Waals surface area contributed by atoms with Crippen LogP contribution in [0.25, 0.3) is 10.9 Å². The van der Waals surface area contributed by atoms with Crippen LogP contribution < -0.4 is 21.5 Å². The first kappa shape index (κ1) is 20.4. The Labute approximate surface area is 189 Å². The number of anilines is 3. The van der Waals surface area contributed by atoms with Crippen molar-refractivity contribution in [3.8, 4) is 0 Å². The van der Waals surface area contributed by atoms with Gasteiger partial charge in [-0.2, -0.15) is 0 Å². The van der Waals surface area contributed by atoms with E-state index in [4.69, 9.17) is 0 Å². The summed E-state index contributed by atoms with van der Waals surface area (Å²) in [6, 6.07) is 20.5. The molecule has 0 spiro atoms. The number of aromatic nitrogens is 2. The summed E-state index contributed by atoms with van der Waals surface area (Å²) in [6.07, 6.45) is 1.68. The molecule has 0 radical (unpaired) electrons. The van der Waals surface area contributed by atoms with Crippen molar-refractivity contribution in [3.63, 3.8) is 0 Å². The molecule has 8 nitrogen and oxygen atoms in total. The molecular weight excluding hydrogens is 418 g/mol. The van der Waals surface area contributed by atoms with Gasteiger partial charge in [0.05, 0.1) is 10.9 Å². The van der Waals surface area contributed by atoms with Gasteiger partial charge >= 0.3 is 6.03 Å². The zero-order valence-corrected chi connectivity index (χ0v) is 17.7. The Balaban J connectivity index is 1.26. The molecule has 5 rings (SSSR count). The minimum absolute atomic E-state index is 0.0566. The minimum atomic E-state index is -0.357. The van der Waals surface area contributed by atoms with Crippen molar-refractivity contribution in [2.75, 3.05) is 16.0 Å². The van der Waals surface area contributed by atoms with E-state index >= 15 is 0 Å². The Hall–Kier alpha value is -4.46. The number of urea groups is 1. The highest BCUT2D eigenvalue weighted by Gasteiger charge is 2.17. The predicted octanol–water partition coefficient (Wildman–Crippen LogP) is 4.24.